The fraction of sp³-hybridized carbons (Fsp3) is 0.167. The number of hydrogen-bond donors (Lipinski definition) is 1. The third-order valence-electron chi connectivity index (χ3n) is 1.16. The van der Waals surface area contributed by atoms with E-state index in [0.29, 0.717) is 0 Å². The molecular weight excluding hydrogens is 220 g/mol. The second kappa shape index (κ2) is 3.13. The van der Waals surface area contributed by atoms with E-state index < -0.39 is 17.4 Å². The van der Waals surface area contributed by atoms with E-state index in [-0.39, 0.29) is 4.47 Å². The van der Waals surface area contributed by atoms with Crippen LogP contribution in [0.25, 0.3) is 0 Å². The summed E-state index contributed by atoms with van der Waals surface area (Å²) >= 11 is 2.84. The number of hydrogen-bond acceptors (Lipinski definition) is 1. The van der Waals surface area contributed by atoms with E-state index in [1.54, 1.807) is 0 Å². The summed E-state index contributed by atoms with van der Waals surface area (Å²) in [5, 5.41) is 0. The van der Waals surface area contributed by atoms with Gasteiger partial charge in [-0.05, 0) is 15.9 Å². The minimum absolute atomic E-state index is 0.121. The van der Waals surface area contributed by atoms with Crippen molar-refractivity contribution in [3.05, 3.63) is 32.7 Å². The highest BCUT2D eigenvalue weighted by atomic mass is 79.9. The molecule has 0 aromatic carbocycles. The average Bonchev–Trinajstić information content (AvgIpc) is 1.94. The maximum Gasteiger partial charge on any atom is 0.269 e. The number of halogens is 3. The number of H-pyrrole nitrogens is 1. The van der Waals surface area contributed by atoms with Crippen molar-refractivity contribution in [1.82, 2.24) is 4.98 Å². The first kappa shape index (κ1) is 8.39. The molecule has 1 rings (SSSR count). The molecule has 0 amide bonds. The highest BCUT2D eigenvalue weighted by molar-refractivity contribution is 9.10. The highest BCUT2D eigenvalue weighted by Gasteiger charge is 2.12. The van der Waals surface area contributed by atoms with Crippen molar-refractivity contribution < 1.29 is 8.78 Å². The Labute approximate surface area is 69.4 Å². The van der Waals surface area contributed by atoms with Gasteiger partial charge in [-0.2, -0.15) is 0 Å². The maximum absolute atomic E-state index is 12.0. The third-order valence-corrected chi connectivity index (χ3v) is 1.75. The smallest absolute Gasteiger partial charge is 0.269 e. The molecule has 11 heavy (non-hydrogen) atoms. The molecule has 1 heterocycles. The van der Waals surface area contributed by atoms with Gasteiger partial charge >= 0.3 is 0 Å². The summed E-state index contributed by atoms with van der Waals surface area (Å²) in [6.07, 6.45) is -0.414. The van der Waals surface area contributed by atoms with Crippen molar-refractivity contribution >= 4 is 15.9 Å². The van der Waals surface area contributed by atoms with Gasteiger partial charge < -0.3 is 4.98 Å². The Morgan fingerprint density at radius 1 is 1.45 bits per heavy atom. The predicted octanol–water partition coefficient (Wildman–Crippen LogP) is 2.08. The first-order valence-corrected chi connectivity index (χ1v) is 3.57. The van der Waals surface area contributed by atoms with Crippen LogP contribution in [0.2, 0.25) is 0 Å². The molecule has 0 aliphatic heterocycles. The van der Waals surface area contributed by atoms with Crippen molar-refractivity contribution in [1.29, 1.82) is 0 Å². The standard InChI is InChI=1S/C6H4BrF2NO/c7-4-2-10-1-3(5(4)11)6(8)9/h1-2,6H,(H,10,11). The quantitative estimate of drug-likeness (QED) is 0.778. The SMILES string of the molecule is O=c1c(Br)c[nH]cc1C(F)F. The van der Waals surface area contributed by atoms with Crippen LogP contribution in [0.4, 0.5) is 8.78 Å². The van der Waals surface area contributed by atoms with Crippen LogP contribution in [0.15, 0.2) is 21.7 Å². The van der Waals surface area contributed by atoms with Gasteiger partial charge in [0.05, 0.1) is 10.0 Å². The van der Waals surface area contributed by atoms with Crippen LogP contribution in [0.5, 0.6) is 0 Å². The lowest BCUT2D eigenvalue weighted by Gasteiger charge is -1.96. The lowest BCUT2D eigenvalue weighted by molar-refractivity contribution is 0.149. The number of aromatic amines is 1. The lowest BCUT2D eigenvalue weighted by atomic mass is 10.3. The summed E-state index contributed by atoms with van der Waals surface area (Å²) < 4.78 is 24.1. The zero-order chi connectivity index (χ0) is 8.43. The molecule has 0 fully saturated rings. The monoisotopic (exact) mass is 223 g/mol. The van der Waals surface area contributed by atoms with Gasteiger partial charge in [0.2, 0.25) is 5.43 Å². The summed E-state index contributed by atoms with van der Waals surface area (Å²) in [4.78, 5) is 13.3. The molecular formula is C6H4BrF2NO. The Bertz CT molecular complexity index is 310. The number of rotatable bonds is 1. The molecule has 1 aromatic rings. The second-order valence-electron chi connectivity index (χ2n) is 1.89. The van der Waals surface area contributed by atoms with E-state index in [4.69, 9.17) is 0 Å². The van der Waals surface area contributed by atoms with Crippen LogP contribution in [0, 0.1) is 0 Å². The normalized spacial score (nSPS) is 10.5. The Morgan fingerprint density at radius 3 is 2.55 bits per heavy atom. The number of alkyl halides is 2. The van der Waals surface area contributed by atoms with Crippen molar-refractivity contribution in [2.45, 2.75) is 6.43 Å². The minimum atomic E-state index is -2.73. The number of pyridine rings is 1. The molecule has 1 N–H and O–H groups in total. The first-order valence-electron chi connectivity index (χ1n) is 2.77. The van der Waals surface area contributed by atoms with Crippen LogP contribution >= 0.6 is 15.9 Å². The molecule has 60 valence electrons. The Kier molecular flexibility index (Phi) is 2.38. The number of aromatic nitrogens is 1. The van der Waals surface area contributed by atoms with Gasteiger partial charge in [-0.1, -0.05) is 0 Å². The Balaban J connectivity index is 3.28. The van der Waals surface area contributed by atoms with E-state index in [9.17, 15) is 13.6 Å². The fourth-order valence-electron chi connectivity index (χ4n) is 0.636. The molecule has 0 aliphatic rings. The second-order valence-corrected chi connectivity index (χ2v) is 2.74. The van der Waals surface area contributed by atoms with Crippen molar-refractivity contribution in [2.24, 2.45) is 0 Å². The average molecular weight is 224 g/mol. The molecule has 0 unspecified atom stereocenters. The highest BCUT2D eigenvalue weighted by Crippen LogP contribution is 2.14. The van der Waals surface area contributed by atoms with Gasteiger partial charge in [-0.25, -0.2) is 8.78 Å². The van der Waals surface area contributed by atoms with Gasteiger partial charge in [-0.15, -0.1) is 0 Å². The summed E-state index contributed by atoms with van der Waals surface area (Å²) in [6, 6.07) is 0. The third kappa shape index (κ3) is 1.65. The molecule has 0 spiro atoms. The van der Waals surface area contributed by atoms with Gasteiger partial charge in [-0.3, -0.25) is 4.79 Å². The first-order chi connectivity index (χ1) is 5.13. The lowest BCUT2D eigenvalue weighted by Crippen LogP contribution is -2.09. The topological polar surface area (TPSA) is 32.9 Å². The van der Waals surface area contributed by atoms with Crippen LogP contribution in [-0.2, 0) is 0 Å². The van der Waals surface area contributed by atoms with Gasteiger partial charge in [0.15, 0.2) is 0 Å². The van der Waals surface area contributed by atoms with Crippen molar-refractivity contribution in [2.75, 3.05) is 0 Å². The van der Waals surface area contributed by atoms with Crippen LogP contribution in [0.3, 0.4) is 0 Å². The van der Waals surface area contributed by atoms with Crippen LogP contribution < -0.4 is 5.43 Å². The zero-order valence-electron chi connectivity index (χ0n) is 5.27. The fourth-order valence-corrected chi connectivity index (χ4v) is 0.997. The largest absolute Gasteiger partial charge is 0.366 e. The molecule has 0 atom stereocenters. The molecule has 1 aromatic heterocycles. The van der Waals surface area contributed by atoms with Crippen LogP contribution in [0.1, 0.15) is 12.0 Å². The van der Waals surface area contributed by atoms with E-state index in [1.165, 1.54) is 6.20 Å². The Morgan fingerprint density at radius 2 is 2.09 bits per heavy atom. The summed E-state index contributed by atoms with van der Waals surface area (Å²) in [5.41, 5.74) is -1.18. The van der Waals surface area contributed by atoms with Gasteiger partial charge in [0, 0.05) is 12.4 Å². The van der Waals surface area contributed by atoms with E-state index >= 15 is 0 Å². The summed E-state index contributed by atoms with van der Waals surface area (Å²) in [6.45, 7) is 0. The zero-order valence-corrected chi connectivity index (χ0v) is 6.86. The molecule has 2 nitrogen and oxygen atoms in total. The summed E-state index contributed by atoms with van der Waals surface area (Å²) in [7, 11) is 0. The van der Waals surface area contributed by atoms with Crippen LogP contribution in [-0.4, -0.2) is 4.98 Å². The van der Waals surface area contributed by atoms with Crippen molar-refractivity contribution in [3.63, 3.8) is 0 Å². The molecule has 0 saturated heterocycles. The number of nitrogens with one attached hydrogen (secondary N) is 1. The molecule has 0 aliphatic carbocycles. The molecule has 5 heteroatoms. The van der Waals surface area contributed by atoms with E-state index in [1.807, 2.05) is 0 Å². The predicted molar refractivity (Wildman–Crippen MR) is 39.7 cm³/mol. The Hall–Kier alpha value is -0.710. The minimum Gasteiger partial charge on any atom is -0.366 e. The van der Waals surface area contributed by atoms with Gasteiger partial charge in [0.1, 0.15) is 0 Å². The maximum atomic E-state index is 12.0. The van der Waals surface area contributed by atoms with Gasteiger partial charge in [0.25, 0.3) is 6.43 Å². The van der Waals surface area contributed by atoms with Crippen molar-refractivity contribution in [3.8, 4) is 0 Å². The van der Waals surface area contributed by atoms with E-state index in [2.05, 4.69) is 20.9 Å². The molecule has 0 saturated carbocycles. The van der Waals surface area contributed by atoms with E-state index in [0.717, 1.165) is 6.20 Å². The summed E-state index contributed by atoms with van der Waals surface area (Å²) in [5.74, 6) is 0. The molecule has 0 bridgehead atoms. The molecule has 0 radical (unpaired) electrons.